The van der Waals surface area contributed by atoms with Gasteiger partial charge in [0, 0.05) is 24.0 Å². The zero-order valence-electron chi connectivity index (χ0n) is 10.2. The predicted octanol–water partition coefficient (Wildman–Crippen LogP) is 2.71. The molecule has 5 heteroatoms. The zero-order valence-corrected chi connectivity index (χ0v) is 13.2. The molecule has 2 fully saturated rings. The first-order valence-electron chi connectivity index (χ1n) is 6.54. The van der Waals surface area contributed by atoms with Crippen molar-refractivity contribution in [2.45, 2.75) is 37.8 Å². The molecule has 0 bridgehead atoms. The van der Waals surface area contributed by atoms with Crippen LogP contribution in [0.25, 0.3) is 0 Å². The molecule has 0 aliphatic carbocycles. The molecule has 18 heavy (non-hydrogen) atoms. The molecule has 3 nitrogen and oxygen atoms in total. The van der Waals surface area contributed by atoms with E-state index in [1.54, 1.807) is 11.3 Å². The summed E-state index contributed by atoms with van der Waals surface area (Å²) in [5.74, 6) is 0.227. The van der Waals surface area contributed by atoms with Gasteiger partial charge in [0.1, 0.15) is 0 Å². The third-order valence-electron chi connectivity index (χ3n) is 3.94. The van der Waals surface area contributed by atoms with Gasteiger partial charge in [0.2, 0.25) is 0 Å². The van der Waals surface area contributed by atoms with E-state index >= 15 is 0 Å². The molecule has 0 saturated carbocycles. The van der Waals surface area contributed by atoms with E-state index in [1.165, 1.54) is 15.7 Å². The largest absolute Gasteiger partial charge is 0.334 e. The van der Waals surface area contributed by atoms with Crippen LogP contribution in [0.15, 0.2) is 11.4 Å². The van der Waals surface area contributed by atoms with E-state index in [4.69, 9.17) is 0 Å². The standard InChI is InChI=1S/C13H17IN2OS/c14-12-7-9(8-18-12)13(17)16-6-2-4-11(16)10-3-1-5-15-10/h7-8,10-11,15H,1-6H2. The molecule has 2 unspecified atom stereocenters. The van der Waals surface area contributed by atoms with Gasteiger partial charge in [-0.05, 0) is 60.9 Å². The summed E-state index contributed by atoms with van der Waals surface area (Å²) in [6, 6.07) is 2.94. The monoisotopic (exact) mass is 376 g/mol. The summed E-state index contributed by atoms with van der Waals surface area (Å²) < 4.78 is 1.19. The maximum Gasteiger partial charge on any atom is 0.255 e. The maximum absolute atomic E-state index is 12.5. The van der Waals surface area contributed by atoms with E-state index in [0.29, 0.717) is 12.1 Å². The van der Waals surface area contributed by atoms with Gasteiger partial charge in [0.15, 0.2) is 0 Å². The number of hydrogen-bond acceptors (Lipinski definition) is 3. The Morgan fingerprint density at radius 1 is 1.44 bits per heavy atom. The van der Waals surface area contributed by atoms with Gasteiger partial charge in [0.05, 0.1) is 8.45 Å². The van der Waals surface area contributed by atoms with Crippen LogP contribution >= 0.6 is 33.9 Å². The van der Waals surface area contributed by atoms with Crippen molar-refractivity contribution in [3.63, 3.8) is 0 Å². The lowest BCUT2D eigenvalue weighted by atomic mass is 10.0. The number of carbonyl (C=O) groups excluding carboxylic acids is 1. The van der Waals surface area contributed by atoms with Crippen LogP contribution in [0.4, 0.5) is 0 Å². The van der Waals surface area contributed by atoms with Crippen LogP contribution in [-0.2, 0) is 0 Å². The van der Waals surface area contributed by atoms with Crippen molar-refractivity contribution in [2.24, 2.45) is 0 Å². The number of amides is 1. The number of hydrogen-bond donors (Lipinski definition) is 1. The number of likely N-dealkylation sites (tertiary alicyclic amines) is 1. The lowest BCUT2D eigenvalue weighted by Crippen LogP contribution is -2.46. The van der Waals surface area contributed by atoms with E-state index < -0.39 is 0 Å². The molecule has 3 rings (SSSR count). The molecule has 1 N–H and O–H groups in total. The van der Waals surface area contributed by atoms with Crippen molar-refractivity contribution >= 4 is 39.8 Å². The first-order chi connectivity index (χ1) is 8.75. The van der Waals surface area contributed by atoms with Gasteiger partial charge in [-0.2, -0.15) is 0 Å². The number of nitrogens with zero attached hydrogens (tertiary/aromatic N) is 1. The Bertz CT molecular complexity index is 442. The molecule has 1 aromatic rings. The molecule has 0 aromatic carbocycles. The van der Waals surface area contributed by atoms with E-state index in [9.17, 15) is 4.79 Å². The minimum Gasteiger partial charge on any atom is -0.334 e. The van der Waals surface area contributed by atoms with Gasteiger partial charge < -0.3 is 10.2 Å². The summed E-state index contributed by atoms with van der Waals surface area (Å²) in [5, 5.41) is 5.53. The molecule has 0 spiro atoms. The smallest absolute Gasteiger partial charge is 0.255 e. The number of carbonyl (C=O) groups is 1. The lowest BCUT2D eigenvalue weighted by molar-refractivity contribution is 0.0712. The maximum atomic E-state index is 12.5. The first-order valence-corrected chi connectivity index (χ1v) is 8.50. The highest BCUT2D eigenvalue weighted by Gasteiger charge is 2.36. The highest BCUT2D eigenvalue weighted by Crippen LogP contribution is 2.27. The Kier molecular flexibility index (Phi) is 3.91. The highest BCUT2D eigenvalue weighted by atomic mass is 127. The summed E-state index contributed by atoms with van der Waals surface area (Å²) >= 11 is 3.92. The van der Waals surface area contributed by atoms with Gasteiger partial charge in [-0.1, -0.05) is 0 Å². The Morgan fingerprint density at radius 3 is 3.00 bits per heavy atom. The van der Waals surface area contributed by atoms with Gasteiger partial charge in [-0.3, -0.25) is 4.79 Å². The second kappa shape index (κ2) is 5.46. The van der Waals surface area contributed by atoms with Crippen LogP contribution in [0.2, 0.25) is 0 Å². The van der Waals surface area contributed by atoms with Crippen LogP contribution in [0, 0.1) is 2.88 Å². The van der Waals surface area contributed by atoms with Crippen molar-refractivity contribution in [3.8, 4) is 0 Å². The van der Waals surface area contributed by atoms with Gasteiger partial charge in [-0.15, -0.1) is 11.3 Å². The molecule has 0 radical (unpaired) electrons. The molecule has 2 aliphatic rings. The van der Waals surface area contributed by atoms with Crippen LogP contribution < -0.4 is 5.32 Å². The Balaban J connectivity index is 1.75. The van der Waals surface area contributed by atoms with Gasteiger partial charge in [0.25, 0.3) is 5.91 Å². The molecular formula is C13H17IN2OS. The van der Waals surface area contributed by atoms with Crippen molar-refractivity contribution in [2.75, 3.05) is 13.1 Å². The summed E-state index contributed by atoms with van der Waals surface area (Å²) in [4.78, 5) is 14.6. The van der Waals surface area contributed by atoms with Crippen LogP contribution in [0.5, 0.6) is 0 Å². The third kappa shape index (κ3) is 2.44. The van der Waals surface area contributed by atoms with Crippen molar-refractivity contribution in [1.29, 1.82) is 0 Å². The molecule has 2 atom stereocenters. The summed E-state index contributed by atoms with van der Waals surface area (Å²) in [6.07, 6.45) is 4.77. The Morgan fingerprint density at radius 2 is 2.33 bits per heavy atom. The fraction of sp³-hybridized carbons (Fsp3) is 0.615. The van der Waals surface area contributed by atoms with E-state index in [2.05, 4.69) is 32.8 Å². The van der Waals surface area contributed by atoms with E-state index in [0.717, 1.165) is 31.5 Å². The van der Waals surface area contributed by atoms with Crippen LogP contribution in [0.1, 0.15) is 36.0 Å². The summed E-state index contributed by atoms with van der Waals surface area (Å²) in [7, 11) is 0. The third-order valence-corrected chi connectivity index (χ3v) is 5.73. The number of rotatable bonds is 2. The molecule has 2 saturated heterocycles. The van der Waals surface area contributed by atoms with Gasteiger partial charge >= 0.3 is 0 Å². The van der Waals surface area contributed by atoms with Crippen LogP contribution in [0.3, 0.4) is 0 Å². The summed E-state index contributed by atoms with van der Waals surface area (Å²) in [6.45, 7) is 2.04. The minimum atomic E-state index is 0.227. The predicted molar refractivity (Wildman–Crippen MR) is 82.1 cm³/mol. The number of halogens is 1. The second-order valence-electron chi connectivity index (χ2n) is 5.05. The Labute approximate surface area is 125 Å². The number of thiophene rings is 1. The fourth-order valence-corrected chi connectivity index (χ4v) is 4.41. The minimum absolute atomic E-state index is 0.227. The fourth-order valence-electron chi connectivity index (χ4n) is 3.09. The molecule has 3 heterocycles. The molecule has 1 amide bonds. The van der Waals surface area contributed by atoms with Crippen LogP contribution in [-0.4, -0.2) is 36.0 Å². The molecule has 2 aliphatic heterocycles. The van der Waals surface area contributed by atoms with E-state index in [1.807, 2.05) is 11.4 Å². The molecular weight excluding hydrogens is 359 g/mol. The highest BCUT2D eigenvalue weighted by molar-refractivity contribution is 14.1. The zero-order chi connectivity index (χ0) is 12.5. The molecule has 1 aromatic heterocycles. The van der Waals surface area contributed by atoms with Crippen molar-refractivity contribution in [3.05, 3.63) is 19.9 Å². The normalized spacial score (nSPS) is 27.9. The quantitative estimate of drug-likeness (QED) is 0.806. The Hall–Kier alpha value is -0.140. The van der Waals surface area contributed by atoms with Gasteiger partial charge in [-0.25, -0.2) is 0 Å². The molecule has 98 valence electrons. The van der Waals surface area contributed by atoms with Crippen molar-refractivity contribution < 1.29 is 4.79 Å². The topological polar surface area (TPSA) is 32.3 Å². The number of nitrogens with one attached hydrogen (secondary N) is 1. The summed E-state index contributed by atoms with van der Waals surface area (Å²) in [5.41, 5.74) is 0.870. The van der Waals surface area contributed by atoms with Crippen molar-refractivity contribution in [1.82, 2.24) is 10.2 Å². The SMILES string of the molecule is O=C(c1csc(I)c1)N1CCCC1C1CCCN1. The average Bonchev–Trinajstić information content (AvgIpc) is 3.08. The second-order valence-corrected chi connectivity index (χ2v) is 7.86. The van der Waals surface area contributed by atoms with E-state index in [-0.39, 0.29) is 5.91 Å². The lowest BCUT2D eigenvalue weighted by Gasteiger charge is -2.29. The first kappa shape index (κ1) is 12.9. The average molecular weight is 376 g/mol.